The van der Waals surface area contributed by atoms with Gasteiger partial charge in [0.1, 0.15) is 6.33 Å². The molecule has 90 valence electrons. The van der Waals surface area contributed by atoms with Crippen molar-refractivity contribution in [1.29, 1.82) is 0 Å². The van der Waals surface area contributed by atoms with Crippen LogP contribution in [0, 0.1) is 13.8 Å². The van der Waals surface area contributed by atoms with Crippen LogP contribution in [-0.2, 0) is 0 Å². The molecular weight excluding hydrogens is 228 g/mol. The molecule has 2 N–H and O–H groups in total. The molecule has 2 heterocycles. The third-order valence-electron chi connectivity index (χ3n) is 2.84. The van der Waals surface area contributed by atoms with E-state index in [1.807, 2.05) is 26.0 Å². The van der Waals surface area contributed by atoms with E-state index in [2.05, 4.69) is 21.0 Å². The molecule has 0 aliphatic heterocycles. The third-order valence-corrected chi connectivity index (χ3v) is 2.84. The monoisotopic (exact) mass is 240 g/mol. The maximum Gasteiger partial charge on any atom is 0.252 e. The van der Waals surface area contributed by atoms with Crippen molar-refractivity contribution in [3.05, 3.63) is 35.7 Å². The number of fused-ring (bicyclic) bond motifs is 1. The summed E-state index contributed by atoms with van der Waals surface area (Å²) in [6.45, 7) is 4.07. The average molecular weight is 240 g/mol. The maximum absolute atomic E-state index is 5.74. The zero-order chi connectivity index (χ0) is 12.7. The molecule has 5 nitrogen and oxygen atoms in total. The molecular formula is C13H12N4O. The van der Waals surface area contributed by atoms with Crippen LogP contribution in [0.25, 0.3) is 22.7 Å². The lowest BCUT2D eigenvalue weighted by atomic mass is 10.1. The lowest BCUT2D eigenvalue weighted by molar-refractivity contribution is 0.606. The largest absolute Gasteiger partial charge is 0.417 e. The van der Waals surface area contributed by atoms with Crippen LogP contribution < -0.4 is 5.73 Å². The number of anilines is 1. The van der Waals surface area contributed by atoms with Crippen LogP contribution in [0.5, 0.6) is 0 Å². The number of nitrogen functional groups attached to an aromatic ring is 1. The standard InChI is InChI=1S/C13H12N4O/c1-7-3-4-9(8(2)5-7)12-17-10-11(14)15-6-16-13(10)18-12/h3-6H,1-2H3,(H2,14,15,16). The molecule has 0 radical (unpaired) electrons. The fourth-order valence-corrected chi connectivity index (χ4v) is 1.94. The number of aryl methyl sites for hydroxylation is 2. The third kappa shape index (κ3) is 1.60. The van der Waals surface area contributed by atoms with Gasteiger partial charge < -0.3 is 10.2 Å². The minimum Gasteiger partial charge on any atom is -0.417 e. The van der Waals surface area contributed by atoms with E-state index in [4.69, 9.17) is 10.2 Å². The average Bonchev–Trinajstić information content (AvgIpc) is 2.74. The van der Waals surface area contributed by atoms with Crippen LogP contribution in [0.3, 0.4) is 0 Å². The summed E-state index contributed by atoms with van der Waals surface area (Å²) in [5.74, 6) is 0.856. The van der Waals surface area contributed by atoms with Crippen molar-refractivity contribution in [2.24, 2.45) is 0 Å². The van der Waals surface area contributed by atoms with Crippen molar-refractivity contribution in [2.75, 3.05) is 5.73 Å². The number of nitrogens with zero attached hydrogens (tertiary/aromatic N) is 3. The Hall–Kier alpha value is -2.43. The minimum absolute atomic E-state index is 0.333. The number of aromatic nitrogens is 3. The van der Waals surface area contributed by atoms with Gasteiger partial charge in [-0.15, -0.1) is 0 Å². The van der Waals surface area contributed by atoms with Crippen molar-refractivity contribution in [1.82, 2.24) is 15.0 Å². The molecule has 0 saturated carbocycles. The topological polar surface area (TPSA) is 77.8 Å². The van der Waals surface area contributed by atoms with Gasteiger partial charge in [0.05, 0.1) is 0 Å². The first-order valence-corrected chi connectivity index (χ1v) is 5.60. The summed E-state index contributed by atoms with van der Waals surface area (Å²) in [4.78, 5) is 12.3. The van der Waals surface area contributed by atoms with Gasteiger partial charge >= 0.3 is 0 Å². The number of oxazole rings is 1. The molecule has 0 bridgehead atoms. The van der Waals surface area contributed by atoms with Crippen LogP contribution in [0.15, 0.2) is 28.9 Å². The number of hydrogen-bond acceptors (Lipinski definition) is 5. The Morgan fingerprint density at radius 2 is 2.00 bits per heavy atom. The Bertz CT molecular complexity index is 733. The van der Waals surface area contributed by atoms with Gasteiger partial charge in [-0.25, -0.2) is 9.97 Å². The van der Waals surface area contributed by atoms with Gasteiger partial charge in [-0.3, -0.25) is 0 Å². The molecule has 0 atom stereocenters. The Balaban J connectivity index is 2.23. The van der Waals surface area contributed by atoms with Gasteiger partial charge in [0.25, 0.3) is 5.71 Å². The lowest BCUT2D eigenvalue weighted by Gasteiger charge is -2.01. The summed E-state index contributed by atoms with van der Waals surface area (Å²) in [7, 11) is 0. The van der Waals surface area contributed by atoms with E-state index in [0.29, 0.717) is 22.9 Å². The van der Waals surface area contributed by atoms with Crippen molar-refractivity contribution < 1.29 is 4.42 Å². The lowest BCUT2D eigenvalue weighted by Crippen LogP contribution is -1.91. The van der Waals surface area contributed by atoms with Gasteiger partial charge in [0.15, 0.2) is 11.3 Å². The maximum atomic E-state index is 5.74. The first-order chi connectivity index (χ1) is 8.65. The summed E-state index contributed by atoms with van der Waals surface area (Å²) >= 11 is 0. The van der Waals surface area contributed by atoms with Gasteiger partial charge in [0, 0.05) is 5.56 Å². The summed E-state index contributed by atoms with van der Waals surface area (Å²) < 4.78 is 5.61. The molecule has 0 amide bonds. The molecule has 0 unspecified atom stereocenters. The molecule has 18 heavy (non-hydrogen) atoms. The van der Waals surface area contributed by atoms with E-state index in [0.717, 1.165) is 11.1 Å². The molecule has 5 heteroatoms. The van der Waals surface area contributed by atoms with Crippen molar-refractivity contribution in [3.63, 3.8) is 0 Å². The predicted molar refractivity (Wildman–Crippen MR) is 68.9 cm³/mol. The molecule has 3 aromatic rings. The normalized spacial score (nSPS) is 11.0. The highest BCUT2D eigenvalue weighted by molar-refractivity contribution is 5.82. The molecule has 0 aliphatic carbocycles. The predicted octanol–water partition coefficient (Wildman–Crippen LogP) is 2.48. The molecule has 3 rings (SSSR count). The zero-order valence-corrected chi connectivity index (χ0v) is 10.1. The van der Waals surface area contributed by atoms with E-state index in [1.54, 1.807) is 0 Å². The van der Waals surface area contributed by atoms with Crippen molar-refractivity contribution >= 4 is 17.0 Å². The smallest absolute Gasteiger partial charge is 0.252 e. The molecule has 0 fully saturated rings. The van der Waals surface area contributed by atoms with E-state index in [1.165, 1.54) is 11.9 Å². The summed E-state index contributed by atoms with van der Waals surface area (Å²) in [6, 6.07) is 6.09. The molecule has 2 aromatic heterocycles. The Labute approximate surface area is 104 Å². The fourth-order valence-electron chi connectivity index (χ4n) is 1.94. The molecule has 1 aromatic carbocycles. The van der Waals surface area contributed by atoms with Crippen LogP contribution >= 0.6 is 0 Å². The second-order valence-corrected chi connectivity index (χ2v) is 4.25. The number of hydrogen-bond donors (Lipinski definition) is 1. The number of nitrogens with two attached hydrogens (primary N) is 1. The van der Waals surface area contributed by atoms with Crippen LogP contribution in [0.4, 0.5) is 5.82 Å². The van der Waals surface area contributed by atoms with Gasteiger partial charge in [-0.1, -0.05) is 17.7 Å². The van der Waals surface area contributed by atoms with E-state index < -0.39 is 0 Å². The van der Waals surface area contributed by atoms with E-state index in [-0.39, 0.29) is 0 Å². The van der Waals surface area contributed by atoms with Crippen molar-refractivity contribution in [3.8, 4) is 11.5 Å². The summed E-state index contributed by atoms with van der Waals surface area (Å²) in [5.41, 5.74) is 9.91. The van der Waals surface area contributed by atoms with Gasteiger partial charge in [0.2, 0.25) is 5.89 Å². The Morgan fingerprint density at radius 1 is 1.17 bits per heavy atom. The number of rotatable bonds is 1. The van der Waals surface area contributed by atoms with Gasteiger partial charge in [-0.2, -0.15) is 4.98 Å². The zero-order valence-electron chi connectivity index (χ0n) is 10.1. The molecule has 0 aliphatic rings. The first kappa shape index (κ1) is 10.7. The summed E-state index contributed by atoms with van der Waals surface area (Å²) in [5, 5.41) is 0. The van der Waals surface area contributed by atoms with Crippen molar-refractivity contribution in [2.45, 2.75) is 13.8 Å². The molecule has 0 saturated heterocycles. The highest BCUT2D eigenvalue weighted by atomic mass is 16.4. The van der Waals surface area contributed by atoms with Crippen LogP contribution in [-0.4, -0.2) is 15.0 Å². The fraction of sp³-hybridized carbons (Fsp3) is 0.154. The van der Waals surface area contributed by atoms with Crippen LogP contribution in [0.2, 0.25) is 0 Å². The van der Waals surface area contributed by atoms with Crippen LogP contribution in [0.1, 0.15) is 11.1 Å². The van der Waals surface area contributed by atoms with Gasteiger partial charge in [-0.05, 0) is 25.5 Å². The highest BCUT2D eigenvalue weighted by Crippen LogP contribution is 2.27. The number of benzene rings is 1. The first-order valence-electron chi connectivity index (χ1n) is 5.60. The van der Waals surface area contributed by atoms with E-state index in [9.17, 15) is 0 Å². The van der Waals surface area contributed by atoms with E-state index >= 15 is 0 Å². The SMILES string of the molecule is Cc1ccc(-c2nc3c(N)ncnc3o2)c(C)c1. The second kappa shape index (κ2) is 3.80. The Morgan fingerprint density at radius 3 is 2.72 bits per heavy atom. The quantitative estimate of drug-likeness (QED) is 0.707. The molecule has 0 spiro atoms. The highest BCUT2D eigenvalue weighted by Gasteiger charge is 2.13. The second-order valence-electron chi connectivity index (χ2n) is 4.25. The summed E-state index contributed by atoms with van der Waals surface area (Å²) in [6.07, 6.45) is 1.37. The minimum atomic E-state index is 0.333. The Kier molecular flexibility index (Phi) is 2.26.